The minimum Gasteiger partial charge on any atom is -0.334 e. The zero-order chi connectivity index (χ0) is 15.9. The van der Waals surface area contributed by atoms with Crippen molar-refractivity contribution in [1.82, 2.24) is 25.1 Å². The van der Waals surface area contributed by atoms with Gasteiger partial charge in [0.25, 0.3) is 0 Å². The minimum atomic E-state index is -0.301. The SMILES string of the molecule is O=C(NCc1ccncc1)Nc1ccn(Cc2ccccn2)n1. The van der Waals surface area contributed by atoms with Crippen LogP contribution in [0.5, 0.6) is 0 Å². The molecule has 0 bridgehead atoms. The van der Waals surface area contributed by atoms with Crippen LogP contribution in [-0.2, 0) is 13.1 Å². The highest BCUT2D eigenvalue weighted by molar-refractivity contribution is 5.88. The van der Waals surface area contributed by atoms with Gasteiger partial charge in [0.1, 0.15) is 0 Å². The number of nitrogens with one attached hydrogen (secondary N) is 2. The Kier molecular flexibility index (Phi) is 4.58. The molecule has 2 N–H and O–H groups in total. The molecule has 23 heavy (non-hydrogen) atoms. The fourth-order valence-corrected chi connectivity index (χ4v) is 2.02. The monoisotopic (exact) mass is 308 g/mol. The molecule has 0 saturated heterocycles. The predicted octanol–water partition coefficient (Wildman–Crippen LogP) is 2.04. The highest BCUT2D eigenvalue weighted by Gasteiger charge is 2.05. The van der Waals surface area contributed by atoms with Crippen LogP contribution in [0.2, 0.25) is 0 Å². The maximum atomic E-state index is 11.9. The summed E-state index contributed by atoms with van der Waals surface area (Å²) < 4.78 is 1.72. The van der Waals surface area contributed by atoms with E-state index in [4.69, 9.17) is 0 Å². The Morgan fingerprint density at radius 2 is 1.96 bits per heavy atom. The van der Waals surface area contributed by atoms with Gasteiger partial charge in [0.05, 0.1) is 12.2 Å². The highest BCUT2D eigenvalue weighted by atomic mass is 16.2. The van der Waals surface area contributed by atoms with Crippen LogP contribution in [0.4, 0.5) is 10.6 Å². The molecular formula is C16H16N6O. The number of urea groups is 1. The van der Waals surface area contributed by atoms with Gasteiger partial charge in [-0.25, -0.2) is 4.79 Å². The first-order valence-electron chi connectivity index (χ1n) is 7.17. The van der Waals surface area contributed by atoms with Crippen molar-refractivity contribution in [3.05, 3.63) is 72.4 Å². The van der Waals surface area contributed by atoms with Gasteiger partial charge < -0.3 is 5.32 Å². The molecule has 7 heteroatoms. The van der Waals surface area contributed by atoms with E-state index in [9.17, 15) is 4.79 Å². The largest absolute Gasteiger partial charge is 0.334 e. The molecule has 2 amide bonds. The average molecular weight is 308 g/mol. The number of nitrogens with zero attached hydrogens (tertiary/aromatic N) is 4. The zero-order valence-electron chi connectivity index (χ0n) is 12.4. The number of amides is 2. The van der Waals surface area contributed by atoms with Crippen LogP contribution < -0.4 is 10.6 Å². The van der Waals surface area contributed by atoms with Crippen molar-refractivity contribution in [1.29, 1.82) is 0 Å². The lowest BCUT2D eigenvalue weighted by molar-refractivity contribution is 0.251. The number of carbonyl (C=O) groups is 1. The van der Waals surface area contributed by atoms with Crippen LogP contribution >= 0.6 is 0 Å². The number of pyridine rings is 2. The van der Waals surface area contributed by atoms with Gasteiger partial charge in [-0.3, -0.25) is 20.0 Å². The first kappa shape index (κ1) is 14.7. The molecule has 0 aliphatic rings. The van der Waals surface area contributed by atoms with Crippen molar-refractivity contribution < 1.29 is 4.79 Å². The Labute approximate surface area is 133 Å². The molecule has 3 rings (SSSR count). The summed E-state index contributed by atoms with van der Waals surface area (Å²) >= 11 is 0. The highest BCUT2D eigenvalue weighted by Crippen LogP contribution is 2.05. The normalized spacial score (nSPS) is 10.3. The second-order valence-electron chi connectivity index (χ2n) is 4.88. The molecule has 0 spiro atoms. The van der Waals surface area contributed by atoms with E-state index in [0.29, 0.717) is 18.9 Å². The predicted molar refractivity (Wildman–Crippen MR) is 85.7 cm³/mol. The quantitative estimate of drug-likeness (QED) is 0.755. The molecule has 3 aromatic heterocycles. The Bertz CT molecular complexity index is 757. The fourth-order valence-electron chi connectivity index (χ4n) is 2.02. The van der Waals surface area contributed by atoms with Gasteiger partial charge in [0.2, 0.25) is 0 Å². The summed E-state index contributed by atoms with van der Waals surface area (Å²) in [6.07, 6.45) is 6.92. The number of anilines is 1. The van der Waals surface area contributed by atoms with E-state index >= 15 is 0 Å². The molecule has 0 fully saturated rings. The maximum absolute atomic E-state index is 11.9. The number of hydrogen-bond acceptors (Lipinski definition) is 4. The van der Waals surface area contributed by atoms with E-state index in [1.807, 2.05) is 30.3 Å². The van der Waals surface area contributed by atoms with Crippen LogP contribution in [0.15, 0.2) is 61.2 Å². The molecule has 3 aromatic rings. The van der Waals surface area contributed by atoms with E-state index in [2.05, 4.69) is 25.7 Å². The van der Waals surface area contributed by atoms with Crippen LogP contribution in [0, 0.1) is 0 Å². The Balaban J connectivity index is 1.51. The van der Waals surface area contributed by atoms with Crippen molar-refractivity contribution >= 4 is 11.8 Å². The molecule has 3 heterocycles. The van der Waals surface area contributed by atoms with Gasteiger partial charge >= 0.3 is 6.03 Å². The van der Waals surface area contributed by atoms with Gasteiger partial charge in [0, 0.05) is 37.4 Å². The summed E-state index contributed by atoms with van der Waals surface area (Å²) in [4.78, 5) is 20.0. The first-order valence-corrected chi connectivity index (χ1v) is 7.17. The summed E-state index contributed by atoms with van der Waals surface area (Å²) in [5.74, 6) is 0.494. The van der Waals surface area contributed by atoms with Gasteiger partial charge in [-0.15, -0.1) is 0 Å². The second kappa shape index (κ2) is 7.17. The Morgan fingerprint density at radius 3 is 2.74 bits per heavy atom. The number of aromatic nitrogens is 4. The van der Waals surface area contributed by atoms with Gasteiger partial charge in [-0.1, -0.05) is 6.07 Å². The van der Waals surface area contributed by atoms with Crippen LogP contribution in [0.3, 0.4) is 0 Å². The van der Waals surface area contributed by atoms with Crippen molar-refractivity contribution in [2.75, 3.05) is 5.32 Å². The standard InChI is InChI=1S/C16H16N6O/c23-16(19-11-13-4-8-17-9-5-13)20-15-6-10-22(21-15)12-14-3-1-2-7-18-14/h1-10H,11-12H2,(H2,19,20,21,23). The third kappa shape index (κ3) is 4.37. The minimum absolute atomic E-state index is 0.301. The molecule has 7 nitrogen and oxygen atoms in total. The van der Waals surface area contributed by atoms with Crippen LogP contribution in [0.1, 0.15) is 11.3 Å². The lowest BCUT2D eigenvalue weighted by Crippen LogP contribution is -2.28. The van der Waals surface area contributed by atoms with E-state index < -0.39 is 0 Å². The first-order chi connectivity index (χ1) is 11.3. The van der Waals surface area contributed by atoms with Crippen LogP contribution in [-0.4, -0.2) is 25.8 Å². The Hall–Kier alpha value is -3.22. The summed E-state index contributed by atoms with van der Waals surface area (Å²) in [5, 5.41) is 9.76. The molecule has 0 aromatic carbocycles. The van der Waals surface area contributed by atoms with E-state index in [1.165, 1.54) is 0 Å². The molecule has 0 radical (unpaired) electrons. The lowest BCUT2D eigenvalue weighted by atomic mass is 10.3. The molecule has 0 aliphatic carbocycles. The lowest BCUT2D eigenvalue weighted by Gasteiger charge is -2.05. The average Bonchev–Trinajstić information content (AvgIpc) is 3.02. The summed E-state index contributed by atoms with van der Waals surface area (Å²) in [6, 6.07) is 10.9. The van der Waals surface area contributed by atoms with Crippen molar-refractivity contribution in [2.24, 2.45) is 0 Å². The van der Waals surface area contributed by atoms with E-state index in [0.717, 1.165) is 11.3 Å². The number of rotatable bonds is 5. The fraction of sp³-hybridized carbons (Fsp3) is 0.125. The third-order valence-corrected chi connectivity index (χ3v) is 3.13. The second-order valence-corrected chi connectivity index (χ2v) is 4.88. The molecule has 116 valence electrons. The van der Waals surface area contributed by atoms with Gasteiger partial charge in [-0.05, 0) is 29.8 Å². The molecule has 0 aliphatic heterocycles. The van der Waals surface area contributed by atoms with E-state index in [-0.39, 0.29) is 6.03 Å². The van der Waals surface area contributed by atoms with Crippen molar-refractivity contribution in [2.45, 2.75) is 13.1 Å². The van der Waals surface area contributed by atoms with Crippen molar-refractivity contribution in [3.63, 3.8) is 0 Å². The van der Waals surface area contributed by atoms with Crippen molar-refractivity contribution in [3.8, 4) is 0 Å². The maximum Gasteiger partial charge on any atom is 0.320 e. The van der Waals surface area contributed by atoms with Gasteiger partial charge in [-0.2, -0.15) is 5.10 Å². The summed E-state index contributed by atoms with van der Waals surface area (Å²) in [7, 11) is 0. The topological polar surface area (TPSA) is 84.7 Å². The molecule has 0 saturated carbocycles. The smallest absolute Gasteiger partial charge is 0.320 e. The zero-order valence-corrected chi connectivity index (χ0v) is 12.4. The molecule has 0 unspecified atom stereocenters. The summed E-state index contributed by atoms with van der Waals surface area (Å²) in [6.45, 7) is 0.990. The van der Waals surface area contributed by atoms with Crippen LogP contribution in [0.25, 0.3) is 0 Å². The number of hydrogen-bond donors (Lipinski definition) is 2. The molecular weight excluding hydrogens is 292 g/mol. The van der Waals surface area contributed by atoms with Gasteiger partial charge in [0.15, 0.2) is 5.82 Å². The number of carbonyl (C=O) groups excluding carboxylic acids is 1. The summed E-state index contributed by atoms with van der Waals surface area (Å²) in [5.41, 5.74) is 1.89. The Morgan fingerprint density at radius 1 is 1.09 bits per heavy atom. The third-order valence-electron chi connectivity index (χ3n) is 3.13. The van der Waals surface area contributed by atoms with E-state index in [1.54, 1.807) is 35.5 Å². The molecule has 0 atom stereocenters.